The lowest BCUT2D eigenvalue weighted by Gasteiger charge is -2.27. The third kappa shape index (κ3) is 4.97. The summed E-state index contributed by atoms with van der Waals surface area (Å²) in [6, 6.07) is 11.3. The molecule has 1 N–H and O–H groups in total. The van der Waals surface area contributed by atoms with Crippen molar-refractivity contribution in [1.29, 1.82) is 0 Å². The second kappa shape index (κ2) is 9.84. The van der Waals surface area contributed by atoms with Gasteiger partial charge in [0.1, 0.15) is 5.69 Å². The van der Waals surface area contributed by atoms with Crippen LogP contribution in [0.1, 0.15) is 50.7 Å². The third-order valence-corrected chi connectivity index (χ3v) is 9.10. The third-order valence-electron chi connectivity index (χ3n) is 6.19. The van der Waals surface area contributed by atoms with Crippen LogP contribution >= 0.6 is 11.3 Å². The van der Waals surface area contributed by atoms with E-state index in [9.17, 15) is 18.0 Å². The van der Waals surface area contributed by atoms with Gasteiger partial charge in [0.2, 0.25) is 10.0 Å². The number of pyridine rings is 1. The molecular formula is C24H25N5O4S2. The highest BCUT2D eigenvalue weighted by Gasteiger charge is 2.28. The van der Waals surface area contributed by atoms with Crippen LogP contribution in [0.15, 0.2) is 53.6 Å². The zero-order valence-electron chi connectivity index (χ0n) is 19.0. The van der Waals surface area contributed by atoms with Gasteiger partial charge in [0.25, 0.3) is 11.8 Å². The van der Waals surface area contributed by atoms with E-state index in [1.807, 2.05) is 0 Å². The number of amides is 2. The van der Waals surface area contributed by atoms with E-state index in [0.717, 1.165) is 29.8 Å². The van der Waals surface area contributed by atoms with Crippen molar-refractivity contribution in [3.05, 3.63) is 70.5 Å². The first kappa shape index (κ1) is 23.6. The Morgan fingerprint density at radius 2 is 1.74 bits per heavy atom. The number of fused-ring (bicyclic) bond motifs is 1. The largest absolute Gasteiger partial charge is 0.333 e. The minimum Gasteiger partial charge on any atom is -0.333 e. The van der Waals surface area contributed by atoms with Gasteiger partial charge in [0, 0.05) is 42.7 Å². The summed E-state index contributed by atoms with van der Waals surface area (Å²) in [5.41, 5.74) is 1.63. The minimum absolute atomic E-state index is 0.162. The lowest BCUT2D eigenvalue weighted by atomic mass is 10.1. The molecule has 0 aliphatic carbocycles. The molecule has 1 fully saturated rings. The molecule has 3 aromatic rings. The van der Waals surface area contributed by atoms with Gasteiger partial charge in [0.15, 0.2) is 5.13 Å². The van der Waals surface area contributed by atoms with E-state index in [1.165, 1.54) is 27.8 Å². The van der Waals surface area contributed by atoms with Crippen molar-refractivity contribution in [3.63, 3.8) is 0 Å². The Morgan fingerprint density at radius 3 is 2.46 bits per heavy atom. The molecule has 0 atom stereocenters. The fourth-order valence-corrected chi connectivity index (χ4v) is 6.82. The Balaban J connectivity index is 1.25. The molecule has 5 rings (SSSR count). The van der Waals surface area contributed by atoms with E-state index in [2.05, 4.69) is 15.3 Å². The van der Waals surface area contributed by atoms with Crippen LogP contribution in [0.2, 0.25) is 0 Å². The number of nitrogens with one attached hydrogen (secondary N) is 1. The maximum atomic E-state index is 13.1. The van der Waals surface area contributed by atoms with E-state index in [0.29, 0.717) is 49.0 Å². The number of thiazole rings is 1. The SMILES string of the molecule is O=C(Nc1nc2c(s1)CN(C(=O)c1ccc(S(=O)(=O)N3CCCCC3)cc1)CC2)c1ccccn1. The molecule has 0 bridgehead atoms. The van der Waals surface area contributed by atoms with Crippen LogP contribution in [-0.4, -0.2) is 59.0 Å². The van der Waals surface area contributed by atoms with Crippen molar-refractivity contribution in [2.45, 2.75) is 37.1 Å². The van der Waals surface area contributed by atoms with Gasteiger partial charge in [-0.1, -0.05) is 23.8 Å². The number of hydrogen-bond acceptors (Lipinski definition) is 7. The first-order valence-corrected chi connectivity index (χ1v) is 13.8. The van der Waals surface area contributed by atoms with Gasteiger partial charge >= 0.3 is 0 Å². The average Bonchev–Trinajstić information content (AvgIpc) is 3.31. The molecule has 1 saturated heterocycles. The van der Waals surface area contributed by atoms with Gasteiger partial charge in [-0.15, -0.1) is 0 Å². The van der Waals surface area contributed by atoms with Gasteiger partial charge in [-0.2, -0.15) is 4.31 Å². The minimum atomic E-state index is -3.53. The van der Waals surface area contributed by atoms with E-state index in [-0.39, 0.29) is 16.7 Å². The molecule has 0 spiro atoms. The van der Waals surface area contributed by atoms with E-state index >= 15 is 0 Å². The maximum Gasteiger partial charge on any atom is 0.276 e. The van der Waals surface area contributed by atoms with Gasteiger partial charge in [-0.25, -0.2) is 13.4 Å². The number of anilines is 1. The predicted molar refractivity (Wildman–Crippen MR) is 132 cm³/mol. The van der Waals surface area contributed by atoms with Crippen molar-refractivity contribution in [1.82, 2.24) is 19.2 Å². The number of rotatable bonds is 5. The first-order chi connectivity index (χ1) is 16.9. The molecule has 4 heterocycles. The highest BCUT2D eigenvalue weighted by Crippen LogP contribution is 2.29. The van der Waals surface area contributed by atoms with Crippen LogP contribution in [0, 0.1) is 0 Å². The smallest absolute Gasteiger partial charge is 0.276 e. The number of nitrogens with zero attached hydrogens (tertiary/aromatic N) is 4. The van der Waals surface area contributed by atoms with Crippen LogP contribution in [0.5, 0.6) is 0 Å². The lowest BCUT2D eigenvalue weighted by molar-refractivity contribution is 0.0736. The standard InChI is InChI=1S/C24H25N5O4S2/c30-22(20-6-2-3-12-25-20)27-24-26-19-11-15-28(16-21(19)34-24)23(31)17-7-9-18(10-8-17)35(32,33)29-13-4-1-5-14-29/h2-3,6-10,12H,1,4-5,11,13-16H2,(H,26,27,30). The van der Waals surface area contributed by atoms with Crippen LogP contribution in [0.3, 0.4) is 0 Å². The molecular weight excluding hydrogens is 486 g/mol. The van der Waals surface area contributed by atoms with Crippen LogP contribution in [0.25, 0.3) is 0 Å². The Morgan fingerprint density at radius 1 is 0.971 bits per heavy atom. The number of hydrogen-bond donors (Lipinski definition) is 1. The second-order valence-corrected chi connectivity index (χ2v) is 11.5. The highest BCUT2D eigenvalue weighted by atomic mass is 32.2. The zero-order valence-corrected chi connectivity index (χ0v) is 20.6. The quantitative estimate of drug-likeness (QED) is 0.563. The molecule has 0 unspecified atom stereocenters. The Kier molecular flexibility index (Phi) is 6.63. The molecule has 2 aliphatic heterocycles. The summed E-state index contributed by atoms with van der Waals surface area (Å²) in [4.78, 5) is 36.9. The number of aromatic nitrogens is 2. The summed E-state index contributed by atoms with van der Waals surface area (Å²) < 4.78 is 27.3. The van der Waals surface area contributed by atoms with Gasteiger partial charge in [-0.3, -0.25) is 19.9 Å². The number of carbonyl (C=O) groups excluding carboxylic acids is 2. The van der Waals surface area contributed by atoms with Gasteiger partial charge in [-0.05, 0) is 49.2 Å². The van der Waals surface area contributed by atoms with Crippen LogP contribution in [0.4, 0.5) is 5.13 Å². The van der Waals surface area contributed by atoms with Crippen molar-refractivity contribution in [2.75, 3.05) is 25.0 Å². The highest BCUT2D eigenvalue weighted by molar-refractivity contribution is 7.89. The van der Waals surface area contributed by atoms with Crippen molar-refractivity contribution >= 4 is 38.3 Å². The summed E-state index contributed by atoms with van der Waals surface area (Å²) in [7, 11) is -3.53. The van der Waals surface area contributed by atoms with E-state index < -0.39 is 10.0 Å². The van der Waals surface area contributed by atoms with E-state index in [4.69, 9.17) is 0 Å². The maximum absolute atomic E-state index is 13.1. The van der Waals surface area contributed by atoms with E-state index in [1.54, 1.807) is 41.4 Å². The summed E-state index contributed by atoms with van der Waals surface area (Å²) >= 11 is 1.35. The number of sulfonamides is 1. The molecule has 0 saturated carbocycles. The van der Waals surface area contributed by atoms with Crippen molar-refractivity contribution in [2.24, 2.45) is 0 Å². The van der Waals surface area contributed by atoms with Gasteiger partial charge < -0.3 is 4.90 Å². The lowest BCUT2D eigenvalue weighted by Crippen LogP contribution is -2.36. The molecule has 182 valence electrons. The molecule has 1 aromatic carbocycles. The van der Waals surface area contributed by atoms with Crippen molar-refractivity contribution < 1.29 is 18.0 Å². The average molecular weight is 512 g/mol. The van der Waals surface area contributed by atoms with Crippen molar-refractivity contribution in [3.8, 4) is 0 Å². The van der Waals surface area contributed by atoms with Crippen LogP contribution in [-0.2, 0) is 23.0 Å². The Bertz CT molecular complexity index is 1330. The fourth-order valence-electron chi connectivity index (χ4n) is 4.29. The molecule has 9 nitrogen and oxygen atoms in total. The molecule has 0 radical (unpaired) electrons. The Labute approximate surface area is 207 Å². The molecule has 11 heteroatoms. The number of carbonyl (C=O) groups is 2. The monoisotopic (exact) mass is 511 g/mol. The topological polar surface area (TPSA) is 113 Å². The fraction of sp³-hybridized carbons (Fsp3) is 0.333. The number of piperidine rings is 1. The normalized spacial score (nSPS) is 16.5. The van der Waals surface area contributed by atoms with Crippen LogP contribution < -0.4 is 5.32 Å². The molecule has 2 aromatic heterocycles. The summed E-state index contributed by atoms with van der Waals surface area (Å²) in [6.45, 7) is 1.96. The summed E-state index contributed by atoms with van der Waals surface area (Å²) in [6.07, 6.45) is 4.94. The zero-order chi connectivity index (χ0) is 24.4. The van der Waals surface area contributed by atoms with Gasteiger partial charge in [0.05, 0.1) is 17.1 Å². The molecule has 2 aliphatic rings. The summed E-state index contributed by atoms with van der Waals surface area (Å²) in [5, 5.41) is 3.26. The first-order valence-electron chi connectivity index (χ1n) is 11.5. The summed E-state index contributed by atoms with van der Waals surface area (Å²) in [5.74, 6) is -0.491. The predicted octanol–water partition coefficient (Wildman–Crippen LogP) is 3.16. The number of benzene rings is 1. The molecule has 2 amide bonds. The Hall–Kier alpha value is -3.15. The second-order valence-electron chi connectivity index (χ2n) is 8.52. The molecule has 35 heavy (non-hydrogen) atoms.